The summed E-state index contributed by atoms with van der Waals surface area (Å²) in [7, 11) is 0. The fourth-order valence-corrected chi connectivity index (χ4v) is 2.11. The second-order valence-corrected chi connectivity index (χ2v) is 5.25. The van der Waals surface area contributed by atoms with Crippen LogP contribution in [0.4, 0.5) is 5.69 Å². The average molecular weight is 319 g/mol. The first kappa shape index (κ1) is 13.8. The van der Waals surface area contributed by atoms with Crippen molar-refractivity contribution >= 4 is 27.5 Å². The summed E-state index contributed by atoms with van der Waals surface area (Å²) < 4.78 is 0.918. The van der Waals surface area contributed by atoms with Gasteiger partial charge in [0.1, 0.15) is 6.04 Å². The summed E-state index contributed by atoms with van der Waals surface area (Å²) in [5.74, 6) is -0.215. The van der Waals surface area contributed by atoms with Crippen LogP contribution in [-0.2, 0) is 4.79 Å². The monoisotopic (exact) mass is 318 g/mol. The molecule has 0 saturated carbocycles. The zero-order valence-corrected chi connectivity index (χ0v) is 12.1. The number of carbonyl (C=O) groups excluding carboxylic acids is 1. The van der Waals surface area contributed by atoms with Gasteiger partial charge in [0.05, 0.1) is 0 Å². The Kier molecular flexibility index (Phi) is 4.35. The standard InChI is InChI=1S/C15H15BrN2O/c1-10-7-8-12(16)9-13(10)18-15(19)14(17)11-5-3-2-4-6-11/h2-9,14H,17H2,1H3,(H,18,19). The molecule has 1 unspecified atom stereocenters. The van der Waals surface area contributed by atoms with Crippen LogP contribution < -0.4 is 11.1 Å². The maximum atomic E-state index is 12.1. The lowest BCUT2D eigenvalue weighted by atomic mass is 10.1. The predicted octanol–water partition coefficient (Wildman–Crippen LogP) is 3.40. The third-order valence-corrected chi connectivity index (χ3v) is 3.39. The Morgan fingerprint density at radius 3 is 2.58 bits per heavy atom. The lowest BCUT2D eigenvalue weighted by Crippen LogP contribution is -2.27. The number of nitrogens with one attached hydrogen (secondary N) is 1. The number of anilines is 1. The summed E-state index contributed by atoms with van der Waals surface area (Å²) in [4.78, 5) is 12.1. The van der Waals surface area contributed by atoms with Crippen LogP contribution in [0.3, 0.4) is 0 Å². The smallest absolute Gasteiger partial charge is 0.245 e. The highest BCUT2D eigenvalue weighted by atomic mass is 79.9. The summed E-state index contributed by atoms with van der Waals surface area (Å²) in [5.41, 5.74) is 8.52. The molecule has 2 aromatic rings. The molecule has 3 nitrogen and oxygen atoms in total. The molecule has 3 N–H and O–H groups in total. The van der Waals surface area contributed by atoms with Crippen LogP contribution in [0.25, 0.3) is 0 Å². The molecule has 0 saturated heterocycles. The molecule has 0 aliphatic rings. The van der Waals surface area contributed by atoms with Gasteiger partial charge in [-0.2, -0.15) is 0 Å². The van der Waals surface area contributed by atoms with Gasteiger partial charge in [-0.25, -0.2) is 0 Å². The van der Waals surface area contributed by atoms with Crippen LogP contribution in [0, 0.1) is 6.92 Å². The fraction of sp³-hybridized carbons (Fsp3) is 0.133. The Balaban J connectivity index is 2.15. The van der Waals surface area contributed by atoms with E-state index in [0.717, 1.165) is 21.3 Å². The minimum absolute atomic E-state index is 0.215. The first-order valence-corrected chi connectivity index (χ1v) is 6.75. The molecular formula is C15H15BrN2O. The molecule has 0 radical (unpaired) electrons. The maximum Gasteiger partial charge on any atom is 0.245 e. The number of benzene rings is 2. The van der Waals surface area contributed by atoms with Crippen molar-refractivity contribution in [3.63, 3.8) is 0 Å². The fourth-order valence-electron chi connectivity index (χ4n) is 1.75. The number of carbonyl (C=O) groups is 1. The maximum absolute atomic E-state index is 12.1. The highest BCUT2D eigenvalue weighted by molar-refractivity contribution is 9.10. The van der Waals surface area contributed by atoms with Crippen molar-refractivity contribution in [2.24, 2.45) is 5.73 Å². The molecule has 1 atom stereocenters. The van der Waals surface area contributed by atoms with Crippen LogP contribution in [0.5, 0.6) is 0 Å². The summed E-state index contributed by atoms with van der Waals surface area (Å²) in [6, 6.07) is 14.4. The van der Waals surface area contributed by atoms with E-state index in [2.05, 4.69) is 21.2 Å². The van der Waals surface area contributed by atoms with E-state index in [1.165, 1.54) is 0 Å². The van der Waals surface area contributed by atoms with E-state index in [-0.39, 0.29) is 5.91 Å². The number of halogens is 1. The molecule has 0 aliphatic carbocycles. The molecule has 4 heteroatoms. The molecule has 98 valence electrons. The van der Waals surface area contributed by atoms with E-state index in [9.17, 15) is 4.79 Å². The highest BCUT2D eigenvalue weighted by Gasteiger charge is 2.16. The van der Waals surface area contributed by atoms with E-state index in [1.54, 1.807) is 0 Å². The Morgan fingerprint density at radius 1 is 1.21 bits per heavy atom. The van der Waals surface area contributed by atoms with Gasteiger partial charge < -0.3 is 11.1 Å². The highest BCUT2D eigenvalue weighted by Crippen LogP contribution is 2.22. The van der Waals surface area contributed by atoms with Crippen molar-refractivity contribution in [2.75, 3.05) is 5.32 Å². The topological polar surface area (TPSA) is 55.1 Å². The van der Waals surface area contributed by atoms with Crippen molar-refractivity contribution in [1.82, 2.24) is 0 Å². The molecule has 0 aromatic heterocycles. The molecule has 19 heavy (non-hydrogen) atoms. The number of nitrogens with two attached hydrogens (primary N) is 1. The Hall–Kier alpha value is -1.65. The molecule has 0 spiro atoms. The first-order valence-electron chi connectivity index (χ1n) is 5.95. The summed E-state index contributed by atoms with van der Waals surface area (Å²) >= 11 is 3.39. The van der Waals surface area contributed by atoms with E-state index in [4.69, 9.17) is 5.73 Å². The van der Waals surface area contributed by atoms with Crippen molar-refractivity contribution in [3.8, 4) is 0 Å². The number of amides is 1. The summed E-state index contributed by atoms with van der Waals surface area (Å²) in [6.07, 6.45) is 0. The van der Waals surface area contributed by atoms with Crippen molar-refractivity contribution < 1.29 is 4.79 Å². The first-order chi connectivity index (χ1) is 9.08. The Morgan fingerprint density at radius 2 is 1.89 bits per heavy atom. The third kappa shape index (κ3) is 3.43. The van der Waals surface area contributed by atoms with Gasteiger partial charge in [0, 0.05) is 10.2 Å². The third-order valence-electron chi connectivity index (χ3n) is 2.90. The molecule has 0 heterocycles. The molecule has 2 aromatic carbocycles. The minimum atomic E-state index is -0.667. The van der Waals surface area contributed by atoms with Crippen LogP contribution in [0.1, 0.15) is 17.2 Å². The van der Waals surface area contributed by atoms with Crippen molar-refractivity contribution in [1.29, 1.82) is 0 Å². The van der Waals surface area contributed by atoms with Crippen LogP contribution >= 0.6 is 15.9 Å². The zero-order valence-electron chi connectivity index (χ0n) is 10.6. The van der Waals surface area contributed by atoms with Gasteiger partial charge in [-0.3, -0.25) is 4.79 Å². The predicted molar refractivity (Wildman–Crippen MR) is 80.9 cm³/mol. The lowest BCUT2D eigenvalue weighted by Gasteiger charge is -2.14. The molecule has 2 rings (SSSR count). The van der Waals surface area contributed by atoms with E-state index in [1.807, 2.05) is 55.5 Å². The van der Waals surface area contributed by atoms with Crippen molar-refractivity contribution in [2.45, 2.75) is 13.0 Å². The lowest BCUT2D eigenvalue weighted by molar-refractivity contribution is -0.117. The van der Waals surface area contributed by atoms with Crippen LogP contribution in [-0.4, -0.2) is 5.91 Å². The molecule has 0 bridgehead atoms. The number of hydrogen-bond acceptors (Lipinski definition) is 2. The SMILES string of the molecule is Cc1ccc(Br)cc1NC(=O)C(N)c1ccccc1. The van der Waals surface area contributed by atoms with Crippen molar-refractivity contribution in [3.05, 3.63) is 64.1 Å². The van der Waals surface area contributed by atoms with Gasteiger partial charge in [0.15, 0.2) is 0 Å². The van der Waals surface area contributed by atoms with Gasteiger partial charge in [-0.15, -0.1) is 0 Å². The van der Waals surface area contributed by atoms with Crippen LogP contribution in [0.2, 0.25) is 0 Å². The van der Waals surface area contributed by atoms with E-state index in [0.29, 0.717) is 0 Å². The molecular weight excluding hydrogens is 304 g/mol. The van der Waals surface area contributed by atoms with Gasteiger partial charge >= 0.3 is 0 Å². The van der Waals surface area contributed by atoms with Gasteiger partial charge in [0.2, 0.25) is 5.91 Å². The molecule has 0 fully saturated rings. The zero-order chi connectivity index (χ0) is 13.8. The second kappa shape index (κ2) is 5.99. The number of rotatable bonds is 3. The quantitative estimate of drug-likeness (QED) is 0.911. The Labute approximate surface area is 121 Å². The molecule has 1 amide bonds. The van der Waals surface area contributed by atoms with Gasteiger partial charge in [0.25, 0.3) is 0 Å². The summed E-state index contributed by atoms with van der Waals surface area (Å²) in [6.45, 7) is 1.94. The molecule has 0 aliphatic heterocycles. The van der Waals surface area contributed by atoms with Gasteiger partial charge in [-0.1, -0.05) is 52.3 Å². The normalized spacial score (nSPS) is 11.9. The van der Waals surface area contributed by atoms with E-state index >= 15 is 0 Å². The number of hydrogen-bond donors (Lipinski definition) is 2. The number of aryl methyl sites for hydroxylation is 1. The summed E-state index contributed by atoms with van der Waals surface area (Å²) in [5, 5.41) is 2.86. The Bertz CT molecular complexity index is 584. The second-order valence-electron chi connectivity index (χ2n) is 4.34. The average Bonchev–Trinajstić information content (AvgIpc) is 2.43. The van der Waals surface area contributed by atoms with Gasteiger partial charge in [-0.05, 0) is 30.2 Å². The van der Waals surface area contributed by atoms with Crippen LogP contribution in [0.15, 0.2) is 53.0 Å². The minimum Gasteiger partial charge on any atom is -0.324 e. The largest absolute Gasteiger partial charge is 0.324 e. The van der Waals surface area contributed by atoms with E-state index < -0.39 is 6.04 Å².